The molecule has 22 heavy (non-hydrogen) atoms. The highest BCUT2D eigenvalue weighted by Gasteiger charge is 2.22. The van der Waals surface area contributed by atoms with Gasteiger partial charge in [-0.3, -0.25) is 0 Å². The molecule has 0 aromatic carbocycles. The summed E-state index contributed by atoms with van der Waals surface area (Å²) in [5.74, 6) is 5.77. The summed E-state index contributed by atoms with van der Waals surface area (Å²) in [4.78, 5) is 43.9. The van der Waals surface area contributed by atoms with Crippen LogP contribution in [0.5, 0.6) is 0 Å². The van der Waals surface area contributed by atoms with Crippen molar-refractivity contribution in [1.29, 1.82) is 0 Å². The predicted molar refractivity (Wildman–Crippen MR) is 72.0 cm³/mol. The lowest BCUT2D eigenvalue weighted by atomic mass is 10.2. The van der Waals surface area contributed by atoms with Crippen LogP contribution in [0.3, 0.4) is 0 Å². The number of hydrogen-bond donors (Lipinski definition) is 0. The van der Waals surface area contributed by atoms with Crippen LogP contribution in [0.4, 0.5) is 0 Å². The van der Waals surface area contributed by atoms with E-state index in [-0.39, 0.29) is 0 Å². The normalized spacial score (nSPS) is 12.1. The highest BCUT2D eigenvalue weighted by atomic mass is 31.2. The fourth-order valence-electron chi connectivity index (χ4n) is 1.70. The standard InChI is InChI=1S/C13H19NO6P2/c1-2-3-4-5-7-12-8-6-9-14(10-12)11-13(21(15,16)17)22(18,19)20/h6,8-10,13H,2-4,11H2,1H3,(H3-,15,16,17,18,19,20)/p-3. The Hall–Kier alpha value is -0.990. The Morgan fingerprint density at radius 3 is 2.41 bits per heavy atom. The first-order chi connectivity index (χ1) is 10.1. The summed E-state index contributed by atoms with van der Waals surface area (Å²) in [5, 5.41) is -2.51. The first kappa shape index (κ1) is 19.1. The van der Waals surface area contributed by atoms with Crippen LogP contribution in [0.1, 0.15) is 31.7 Å². The van der Waals surface area contributed by atoms with Gasteiger partial charge in [-0.25, -0.2) is 4.57 Å². The minimum absolute atomic E-state index is 0.538. The molecular formula is C13H16NO6P2-3. The average Bonchev–Trinajstić information content (AvgIpc) is 2.39. The molecule has 0 fully saturated rings. The zero-order valence-corrected chi connectivity index (χ0v) is 13.8. The molecular weight excluding hydrogens is 328 g/mol. The van der Waals surface area contributed by atoms with Crippen LogP contribution in [0, 0.1) is 11.8 Å². The summed E-state index contributed by atoms with van der Waals surface area (Å²) < 4.78 is 23.1. The van der Waals surface area contributed by atoms with Gasteiger partial charge in [0.1, 0.15) is 0 Å². The zero-order chi connectivity index (χ0) is 16.8. The Morgan fingerprint density at radius 1 is 1.23 bits per heavy atom. The van der Waals surface area contributed by atoms with E-state index in [9.17, 15) is 28.7 Å². The molecule has 0 aliphatic carbocycles. The topological polar surface area (TPSA) is 130 Å². The maximum Gasteiger partial charge on any atom is 0.184 e. The van der Waals surface area contributed by atoms with Crippen molar-refractivity contribution in [1.82, 2.24) is 0 Å². The number of aromatic nitrogens is 1. The van der Waals surface area contributed by atoms with E-state index >= 15 is 0 Å². The van der Waals surface area contributed by atoms with Gasteiger partial charge >= 0.3 is 0 Å². The van der Waals surface area contributed by atoms with E-state index in [2.05, 4.69) is 11.8 Å². The first-order valence-corrected chi connectivity index (χ1v) is 9.88. The number of unbranched alkanes of at least 4 members (excludes halogenated alkanes) is 2. The van der Waals surface area contributed by atoms with Gasteiger partial charge in [0.05, 0.1) is 11.0 Å². The molecule has 0 spiro atoms. The van der Waals surface area contributed by atoms with Crippen molar-refractivity contribution in [2.45, 2.75) is 38.1 Å². The van der Waals surface area contributed by atoms with Gasteiger partial charge in [0.15, 0.2) is 18.9 Å². The molecule has 1 heterocycles. The molecule has 0 aliphatic rings. The Morgan fingerprint density at radius 2 is 1.86 bits per heavy atom. The molecule has 0 bridgehead atoms. The Kier molecular flexibility index (Phi) is 6.96. The van der Waals surface area contributed by atoms with E-state index in [1.54, 1.807) is 6.07 Å². The van der Waals surface area contributed by atoms with E-state index in [0.29, 0.717) is 12.0 Å². The Bertz CT molecular complexity index is 632. The van der Waals surface area contributed by atoms with Crippen molar-refractivity contribution in [3.05, 3.63) is 30.1 Å². The van der Waals surface area contributed by atoms with Gasteiger partial charge in [0.25, 0.3) is 0 Å². The van der Waals surface area contributed by atoms with Gasteiger partial charge in [-0.1, -0.05) is 40.4 Å². The van der Waals surface area contributed by atoms with Crippen molar-refractivity contribution >= 4 is 15.2 Å². The summed E-state index contributed by atoms with van der Waals surface area (Å²) in [5.41, 5.74) is 0.538. The zero-order valence-electron chi connectivity index (χ0n) is 12.0. The van der Waals surface area contributed by atoms with Crippen LogP contribution < -0.4 is 24.1 Å². The lowest BCUT2D eigenvalue weighted by Crippen LogP contribution is -2.45. The number of hydrogen-bond acceptors (Lipinski definition) is 6. The lowest BCUT2D eigenvalue weighted by Gasteiger charge is -2.47. The molecule has 1 rings (SSSR count). The minimum atomic E-state index is -5.55. The summed E-state index contributed by atoms with van der Waals surface area (Å²) >= 11 is 0. The lowest BCUT2D eigenvalue weighted by molar-refractivity contribution is -0.696. The predicted octanol–water partition coefficient (Wildman–Crippen LogP) is -1.33. The first-order valence-electron chi connectivity index (χ1n) is 6.66. The third-order valence-corrected chi connectivity index (χ3v) is 6.33. The summed E-state index contributed by atoms with van der Waals surface area (Å²) in [6.45, 7) is 1.30. The molecule has 1 aromatic rings. The molecule has 122 valence electrons. The van der Waals surface area contributed by atoms with Crippen LogP contribution in [0.15, 0.2) is 24.5 Å². The van der Waals surface area contributed by atoms with Gasteiger partial charge in [0, 0.05) is 12.5 Å². The molecule has 0 aliphatic heterocycles. The fraction of sp³-hybridized carbons (Fsp3) is 0.462. The smallest absolute Gasteiger partial charge is 0.184 e. The van der Waals surface area contributed by atoms with Gasteiger partial charge < -0.3 is 28.7 Å². The molecule has 0 saturated heterocycles. The van der Waals surface area contributed by atoms with Crippen molar-refractivity contribution in [3.63, 3.8) is 0 Å². The Labute approximate surface area is 129 Å². The van der Waals surface area contributed by atoms with E-state index in [1.807, 2.05) is 6.92 Å². The second kappa shape index (κ2) is 8.03. The number of rotatable bonds is 6. The largest absolute Gasteiger partial charge is 0.810 e. The second-order valence-electron chi connectivity index (χ2n) is 4.76. The van der Waals surface area contributed by atoms with Crippen molar-refractivity contribution in [2.75, 3.05) is 0 Å². The molecule has 0 radical (unpaired) electrons. The van der Waals surface area contributed by atoms with Crippen LogP contribution >= 0.6 is 15.2 Å². The maximum absolute atomic E-state index is 11.0. The average molecular weight is 344 g/mol. The molecule has 0 atom stereocenters. The third kappa shape index (κ3) is 6.41. The molecule has 0 unspecified atom stereocenters. The fourth-order valence-corrected chi connectivity index (χ4v) is 3.86. The van der Waals surface area contributed by atoms with Gasteiger partial charge in [-0.05, 0) is 12.5 Å². The number of pyridine rings is 1. The monoisotopic (exact) mass is 344 g/mol. The highest BCUT2D eigenvalue weighted by Crippen LogP contribution is 2.49. The molecule has 0 saturated carbocycles. The van der Waals surface area contributed by atoms with E-state index in [0.717, 1.165) is 12.8 Å². The number of nitrogens with zero attached hydrogens (tertiary/aromatic N) is 1. The van der Waals surface area contributed by atoms with E-state index < -0.39 is 27.1 Å². The van der Waals surface area contributed by atoms with Crippen molar-refractivity contribution in [3.8, 4) is 11.8 Å². The van der Waals surface area contributed by atoms with E-state index in [1.165, 1.54) is 23.0 Å². The van der Waals surface area contributed by atoms with Crippen LogP contribution in [-0.4, -0.2) is 5.40 Å². The molecule has 0 N–H and O–H groups in total. The third-order valence-electron chi connectivity index (χ3n) is 2.85. The molecule has 9 heteroatoms. The summed E-state index contributed by atoms with van der Waals surface area (Å²) in [6.07, 6.45) is 5.44. The maximum atomic E-state index is 11.0. The van der Waals surface area contributed by atoms with Gasteiger partial charge in [0.2, 0.25) is 0 Å². The van der Waals surface area contributed by atoms with Crippen molar-refractivity contribution < 1.29 is 33.3 Å². The molecule has 1 aromatic heterocycles. The summed E-state index contributed by atoms with van der Waals surface area (Å²) in [6, 6.07) is 3.19. The van der Waals surface area contributed by atoms with Crippen molar-refractivity contribution in [2.24, 2.45) is 0 Å². The summed E-state index contributed by atoms with van der Waals surface area (Å²) in [7, 11) is -11.1. The van der Waals surface area contributed by atoms with Gasteiger partial charge in [-0.2, -0.15) is 0 Å². The van der Waals surface area contributed by atoms with E-state index in [4.69, 9.17) is 0 Å². The Balaban J connectivity index is 2.95. The quantitative estimate of drug-likeness (QED) is 0.272. The van der Waals surface area contributed by atoms with Gasteiger partial charge in [-0.15, -0.1) is 0 Å². The van der Waals surface area contributed by atoms with Crippen LogP contribution in [-0.2, 0) is 15.7 Å². The van der Waals surface area contributed by atoms with Crippen LogP contribution in [0.2, 0.25) is 0 Å². The highest BCUT2D eigenvalue weighted by molar-refractivity contribution is 7.68. The second-order valence-corrected chi connectivity index (χ2v) is 8.57. The molecule has 0 amide bonds. The SMILES string of the molecule is CCCCC#Cc1ccc[n+](CC(P(=O)([O-])[O-])P(=O)([O-])[O-])c1. The molecule has 7 nitrogen and oxygen atoms in total. The minimum Gasteiger partial charge on any atom is -0.810 e. The van der Waals surface area contributed by atoms with Crippen LogP contribution in [0.25, 0.3) is 0 Å².